The lowest BCUT2D eigenvalue weighted by Crippen LogP contribution is -2.43. The number of rotatable bonds is 3. The average molecular weight is 300 g/mol. The number of nitrogens with one attached hydrogen (secondary N) is 2. The summed E-state index contributed by atoms with van der Waals surface area (Å²) in [5, 5.41) is 5.02. The van der Waals surface area contributed by atoms with Crippen LogP contribution in [0.1, 0.15) is 12.5 Å². The predicted molar refractivity (Wildman–Crippen MR) is 69.7 cm³/mol. The van der Waals surface area contributed by atoms with Crippen LogP contribution in [-0.2, 0) is 4.79 Å². The van der Waals surface area contributed by atoms with Crippen molar-refractivity contribution < 1.29 is 9.59 Å². The second-order valence-corrected chi connectivity index (χ2v) is 4.59. The van der Waals surface area contributed by atoms with E-state index < -0.39 is 18.0 Å². The summed E-state index contributed by atoms with van der Waals surface area (Å²) in [4.78, 5) is 22.0. The molecule has 5 nitrogen and oxygen atoms in total. The van der Waals surface area contributed by atoms with E-state index in [-0.39, 0.29) is 0 Å². The maximum atomic E-state index is 11.5. The molecule has 0 aliphatic carbocycles. The summed E-state index contributed by atoms with van der Waals surface area (Å²) in [7, 11) is 0. The van der Waals surface area contributed by atoms with E-state index in [0.717, 1.165) is 15.7 Å². The van der Waals surface area contributed by atoms with Crippen LogP contribution in [0.5, 0.6) is 0 Å². The van der Waals surface area contributed by atoms with Crippen LogP contribution in [0.25, 0.3) is 0 Å². The first-order valence-corrected chi connectivity index (χ1v) is 5.82. The Morgan fingerprint density at radius 2 is 2.06 bits per heavy atom. The molecule has 0 fully saturated rings. The van der Waals surface area contributed by atoms with Gasteiger partial charge in [-0.15, -0.1) is 0 Å². The topological polar surface area (TPSA) is 84.2 Å². The van der Waals surface area contributed by atoms with Crippen LogP contribution < -0.4 is 16.4 Å². The van der Waals surface area contributed by atoms with Crippen molar-refractivity contribution >= 4 is 33.6 Å². The number of carbonyl (C=O) groups excluding carboxylic acids is 2. The summed E-state index contributed by atoms with van der Waals surface area (Å²) in [5.41, 5.74) is 6.70. The second kappa shape index (κ2) is 5.67. The quantitative estimate of drug-likeness (QED) is 0.795. The van der Waals surface area contributed by atoms with Gasteiger partial charge in [0, 0.05) is 10.2 Å². The Balaban J connectivity index is 2.70. The first-order chi connectivity index (χ1) is 7.90. The number of primary amides is 1. The summed E-state index contributed by atoms with van der Waals surface area (Å²) in [5.74, 6) is -0.459. The van der Waals surface area contributed by atoms with Gasteiger partial charge in [0.05, 0.1) is 0 Å². The van der Waals surface area contributed by atoms with E-state index in [0.29, 0.717) is 0 Å². The highest BCUT2D eigenvalue weighted by molar-refractivity contribution is 9.10. The third-order valence-electron chi connectivity index (χ3n) is 2.20. The number of aryl methyl sites for hydroxylation is 1. The van der Waals surface area contributed by atoms with E-state index in [1.165, 1.54) is 0 Å². The Hall–Kier alpha value is -1.56. The highest BCUT2D eigenvalue weighted by atomic mass is 79.9. The molecule has 0 saturated heterocycles. The molecule has 4 N–H and O–H groups in total. The van der Waals surface area contributed by atoms with Gasteiger partial charge in [-0.2, -0.15) is 0 Å². The van der Waals surface area contributed by atoms with Gasteiger partial charge in [-0.3, -0.25) is 10.1 Å². The van der Waals surface area contributed by atoms with Crippen LogP contribution in [-0.4, -0.2) is 18.0 Å². The minimum atomic E-state index is -0.851. The molecule has 0 heterocycles. The molecule has 1 rings (SSSR count). The molecule has 3 amide bonds. The number of benzene rings is 1. The molecule has 0 aliphatic rings. The number of amides is 3. The Morgan fingerprint density at radius 1 is 1.41 bits per heavy atom. The highest BCUT2D eigenvalue weighted by Gasteiger charge is 2.14. The highest BCUT2D eigenvalue weighted by Crippen LogP contribution is 2.20. The fourth-order valence-corrected chi connectivity index (χ4v) is 1.79. The number of hydrogen-bond acceptors (Lipinski definition) is 3. The molecular formula is C11H14BrN3O2. The van der Waals surface area contributed by atoms with Gasteiger partial charge in [0.1, 0.15) is 6.04 Å². The number of halogens is 1. The fourth-order valence-electron chi connectivity index (χ4n) is 1.32. The second-order valence-electron chi connectivity index (χ2n) is 3.68. The Morgan fingerprint density at radius 3 is 2.59 bits per heavy atom. The number of urea groups is 1. The van der Waals surface area contributed by atoms with E-state index in [2.05, 4.69) is 21.2 Å². The Bertz CT molecular complexity index is 448. The predicted octanol–water partition coefficient (Wildman–Crippen LogP) is 1.75. The van der Waals surface area contributed by atoms with Crippen molar-refractivity contribution in [3.05, 3.63) is 28.2 Å². The molecule has 1 aromatic carbocycles. The van der Waals surface area contributed by atoms with Crippen molar-refractivity contribution in [2.24, 2.45) is 5.73 Å². The van der Waals surface area contributed by atoms with Gasteiger partial charge in [-0.05, 0) is 37.6 Å². The van der Waals surface area contributed by atoms with Crippen LogP contribution in [0.4, 0.5) is 10.5 Å². The maximum absolute atomic E-state index is 11.5. The normalized spacial score (nSPS) is 11.7. The van der Waals surface area contributed by atoms with Gasteiger partial charge in [0.15, 0.2) is 0 Å². The molecule has 0 radical (unpaired) electrons. The third-order valence-corrected chi connectivity index (χ3v) is 2.69. The number of hydrogen-bond donors (Lipinski definition) is 3. The molecule has 0 spiro atoms. The molecule has 17 heavy (non-hydrogen) atoms. The molecule has 0 bridgehead atoms. The molecule has 92 valence electrons. The molecular weight excluding hydrogens is 286 g/mol. The molecule has 1 unspecified atom stereocenters. The molecule has 6 heteroatoms. The smallest absolute Gasteiger partial charge is 0.318 e. The zero-order valence-corrected chi connectivity index (χ0v) is 11.2. The van der Waals surface area contributed by atoms with Gasteiger partial charge in [-0.1, -0.05) is 15.9 Å². The van der Waals surface area contributed by atoms with E-state index in [4.69, 9.17) is 5.73 Å². The molecule has 1 aromatic rings. The number of anilines is 1. The van der Waals surface area contributed by atoms with E-state index >= 15 is 0 Å². The summed E-state index contributed by atoms with van der Waals surface area (Å²) in [6.07, 6.45) is 0. The lowest BCUT2D eigenvalue weighted by atomic mass is 10.2. The van der Waals surface area contributed by atoms with Gasteiger partial charge in [0.2, 0.25) is 5.91 Å². The van der Waals surface area contributed by atoms with Crippen molar-refractivity contribution in [3.8, 4) is 0 Å². The number of nitrogens with two attached hydrogens (primary N) is 1. The number of carbonyl (C=O) groups is 2. The molecule has 0 saturated carbocycles. The lowest BCUT2D eigenvalue weighted by molar-refractivity contribution is -0.120. The average Bonchev–Trinajstić information content (AvgIpc) is 2.21. The van der Waals surface area contributed by atoms with Crippen molar-refractivity contribution in [2.45, 2.75) is 19.9 Å². The first kappa shape index (κ1) is 13.5. The lowest BCUT2D eigenvalue weighted by Gasteiger charge is -2.15. The summed E-state index contributed by atoms with van der Waals surface area (Å²) in [6, 6.07) is 4.27. The van der Waals surface area contributed by atoms with Gasteiger partial charge in [-0.25, -0.2) is 4.79 Å². The third kappa shape index (κ3) is 4.07. The molecule has 0 aliphatic heterocycles. The largest absolute Gasteiger partial charge is 0.374 e. The van der Waals surface area contributed by atoms with E-state index in [9.17, 15) is 9.59 Å². The van der Waals surface area contributed by atoms with E-state index in [1.54, 1.807) is 6.92 Å². The van der Waals surface area contributed by atoms with Gasteiger partial charge < -0.3 is 11.1 Å². The SMILES string of the molecule is Cc1cc(Br)ccc1NC(C)C(=O)NC(N)=O. The van der Waals surface area contributed by atoms with Crippen LogP contribution in [0.2, 0.25) is 0 Å². The van der Waals surface area contributed by atoms with Crippen LogP contribution in [0, 0.1) is 6.92 Å². The summed E-state index contributed by atoms with van der Waals surface area (Å²) in [6.45, 7) is 3.57. The van der Waals surface area contributed by atoms with Crippen molar-refractivity contribution in [2.75, 3.05) is 5.32 Å². The van der Waals surface area contributed by atoms with E-state index in [1.807, 2.05) is 30.4 Å². The first-order valence-electron chi connectivity index (χ1n) is 5.03. The van der Waals surface area contributed by atoms with Crippen molar-refractivity contribution in [1.29, 1.82) is 0 Å². The van der Waals surface area contributed by atoms with Crippen molar-refractivity contribution in [1.82, 2.24) is 5.32 Å². The molecule has 0 aromatic heterocycles. The van der Waals surface area contributed by atoms with Gasteiger partial charge >= 0.3 is 6.03 Å². The number of imide groups is 1. The minimum Gasteiger partial charge on any atom is -0.374 e. The Kier molecular flexibility index (Phi) is 4.51. The van der Waals surface area contributed by atoms with Crippen molar-refractivity contribution in [3.63, 3.8) is 0 Å². The summed E-state index contributed by atoms with van der Waals surface area (Å²) < 4.78 is 0.967. The maximum Gasteiger partial charge on any atom is 0.318 e. The zero-order chi connectivity index (χ0) is 13.0. The van der Waals surface area contributed by atoms with Crippen LogP contribution >= 0.6 is 15.9 Å². The standard InChI is InChI=1S/C11H14BrN3O2/c1-6-5-8(12)3-4-9(6)14-7(2)10(16)15-11(13)17/h3-5,7,14H,1-2H3,(H3,13,15,16,17). The van der Waals surface area contributed by atoms with Crippen LogP contribution in [0.15, 0.2) is 22.7 Å². The minimum absolute atomic E-state index is 0.459. The zero-order valence-electron chi connectivity index (χ0n) is 9.58. The summed E-state index contributed by atoms with van der Waals surface area (Å²) >= 11 is 3.36. The fraction of sp³-hybridized carbons (Fsp3) is 0.273. The Labute approximate surface area is 108 Å². The van der Waals surface area contributed by atoms with Crippen LogP contribution in [0.3, 0.4) is 0 Å². The monoisotopic (exact) mass is 299 g/mol. The van der Waals surface area contributed by atoms with Gasteiger partial charge in [0.25, 0.3) is 0 Å². The molecule has 1 atom stereocenters.